The van der Waals surface area contributed by atoms with Gasteiger partial charge in [-0.2, -0.15) is 0 Å². The molecule has 0 saturated heterocycles. The van der Waals surface area contributed by atoms with E-state index in [-0.39, 0.29) is 11.8 Å². The highest BCUT2D eigenvalue weighted by molar-refractivity contribution is 5.42. The van der Waals surface area contributed by atoms with Gasteiger partial charge in [-0.05, 0) is 38.6 Å². The van der Waals surface area contributed by atoms with Gasteiger partial charge in [-0.3, -0.25) is 4.90 Å². The summed E-state index contributed by atoms with van der Waals surface area (Å²) in [6, 6.07) is 5.92. The number of hydrogen-bond donors (Lipinski definition) is 2. The maximum atomic E-state index is 9.77. The minimum atomic E-state index is 0.104. The molecule has 1 aromatic carbocycles. The summed E-state index contributed by atoms with van der Waals surface area (Å²) in [5.74, 6) is 0.636. The van der Waals surface area contributed by atoms with Gasteiger partial charge in [0.15, 0.2) is 11.5 Å². The van der Waals surface area contributed by atoms with Crippen molar-refractivity contribution in [3.8, 4) is 11.5 Å². The average molecular weight is 238 g/mol. The average Bonchev–Trinajstić information content (AvgIpc) is 2.30. The van der Waals surface area contributed by atoms with Gasteiger partial charge in [0.1, 0.15) is 0 Å². The second-order valence-corrected chi connectivity index (χ2v) is 4.44. The summed E-state index contributed by atoms with van der Waals surface area (Å²) in [4.78, 5) is 2.18. The summed E-state index contributed by atoms with van der Waals surface area (Å²) in [5, 5.41) is 9.77. The first kappa shape index (κ1) is 13.8. The molecule has 4 heteroatoms. The van der Waals surface area contributed by atoms with Crippen LogP contribution in [0, 0.1) is 0 Å². The zero-order chi connectivity index (χ0) is 13.0. The van der Waals surface area contributed by atoms with Gasteiger partial charge in [0.05, 0.1) is 7.11 Å². The van der Waals surface area contributed by atoms with Crippen LogP contribution in [0.2, 0.25) is 0 Å². The summed E-state index contributed by atoms with van der Waals surface area (Å²) in [6.45, 7) is 4.75. The zero-order valence-electron chi connectivity index (χ0n) is 11.0. The second-order valence-electron chi connectivity index (χ2n) is 4.44. The molecule has 1 aromatic rings. The number of phenolic OH excluding ortho intramolecular Hbond substituents is 1. The number of phenols is 1. The lowest BCUT2D eigenvalue weighted by atomic mass is 10.0. The van der Waals surface area contributed by atoms with Gasteiger partial charge in [-0.25, -0.2) is 0 Å². The summed E-state index contributed by atoms with van der Waals surface area (Å²) in [7, 11) is 3.57. The molecule has 1 atom stereocenters. The molecule has 0 aliphatic heterocycles. The van der Waals surface area contributed by atoms with E-state index < -0.39 is 0 Å². The van der Waals surface area contributed by atoms with Crippen molar-refractivity contribution in [3.05, 3.63) is 23.8 Å². The largest absolute Gasteiger partial charge is 0.504 e. The van der Waals surface area contributed by atoms with E-state index in [2.05, 4.69) is 18.7 Å². The van der Waals surface area contributed by atoms with E-state index in [0.29, 0.717) is 18.3 Å². The molecular formula is C13H22N2O2. The summed E-state index contributed by atoms with van der Waals surface area (Å²) >= 11 is 0. The van der Waals surface area contributed by atoms with Gasteiger partial charge in [0.2, 0.25) is 0 Å². The number of aromatic hydroxyl groups is 1. The van der Waals surface area contributed by atoms with Crippen LogP contribution in [0.25, 0.3) is 0 Å². The summed E-state index contributed by atoms with van der Waals surface area (Å²) in [6.07, 6.45) is 0. The Morgan fingerprint density at radius 3 is 2.47 bits per heavy atom. The Morgan fingerprint density at radius 1 is 1.41 bits per heavy atom. The first-order valence-electron chi connectivity index (χ1n) is 5.80. The van der Waals surface area contributed by atoms with E-state index >= 15 is 0 Å². The fraction of sp³-hybridized carbons (Fsp3) is 0.538. The molecule has 1 unspecified atom stereocenters. The Bertz CT molecular complexity index is 366. The van der Waals surface area contributed by atoms with Gasteiger partial charge in [-0.1, -0.05) is 6.07 Å². The minimum Gasteiger partial charge on any atom is -0.504 e. The number of ether oxygens (including phenoxy) is 1. The fourth-order valence-corrected chi connectivity index (χ4v) is 1.81. The van der Waals surface area contributed by atoms with E-state index in [1.165, 1.54) is 7.11 Å². The van der Waals surface area contributed by atoms with E-state index in [1.54, 1.807) is 12.1 Å². The SMILES string of the molecule is COc1ccc(C(CN)N(C)C(C)C)cc1O. The topological polar surface area (TPSA) is 58.7 Å². The fourth-order valence-electron chi connectivity index (χ4n) is 1.81. The van der Waals surface area contributed by atoms with E-state index in [1.807, 2.05) is 13.1 Å². The molecule has 0 amide bonds. The quantitative estimate of drug-likeness (QED) is 0.820. The lowest BCUT2D eigenvalue weighted by Gasteiger charge is -2.30. The lowest BCUT2D eigenvalue weighted by Crippen LogP contribution is -2.35. The normalized spacial score (nSPS) is 13.1. The van der Waals surface area contributed by atoms with Crippen LogP contribution in [0.15, 0.2) is 18.2 Å². The highest BCUT2D eigenvalue weighted by Gasteiger charge is 2.18. The number of rotatable bonds is 5. The molecule has 0 bridgehead atoms. The van der Waals surface area contributed by atoms with Crippen molar-refractivity contribution in [2.45, 2.75) is 25.9 Å². The number of likely N-dealkylation sites (N-methyl/N-ethyl adjacent to an activating group) is 1. The minimum absolute atomic E-state index is 0.104. The van der Waals surface area contributed by atoms with Crippen molar-refractivity contribution in [1.82, 2.24) is 4.90 Å². The highest BCUT2D eigenvalue weighted by atomic mass is 16.5. The molecule has 0 radical (unpaired) electrons. The lowest BCUT2D eigenvalue weighted by molar-refractivity contribution is 0.200. The Morgan fingerprint density at radius 2 is 2.06 bits per heavy atom. The third kappa shape index (κ3) is 3.11. The van der Waals surface area contributed by atoms with Gasteiger partial charge in [-0.15, -0.1) is 0 Å². The monoisotopic (exact) mass is 238 g/mol. The molecule has 17 heavy (non-hydrogen) atoms. The number of benzene rings is 1. The van der Waals surface area contributed by atoms with Crippen LogP contribution in [0.3, 0.4) is 0 Å². The van der Waals surface area contributed by atoms with Crippen molar-refractivity contribution in [1.29, 1.82) is 0 Å². The molecule has 0 saturated carbocycles. The highest BCUT2D eigenvalue weighted by Crippen LogP contribution is 2.30. The third-order valence-corrected chi connectivity index (χ3v) is 3.12. The van der Waals surface area contributed by atoms with Crippen molar-refractivity contribution in [3.63, 3.8) is 0 Å². The number of nitrogens with two attached hydrogens (primary N) is 1. The molecule has 0 aliphatic carbocycles. The van der Waals surface area contributed by atoms with Crippen LogP contribution in [0.4, 0.5) is 0 Å². The van der Waals surface area contributed by atoms with E-state index in [9.17, 15) is 5.11 Å². The molecule has 0 spiro atoms. The molecular weight excluding hydrogens is 216 g/mol. The molecule has 4 nitrogen and oxygen atoms in total. The van der Waals surface area contributed by atoms with Crippen LogP contribution in [0.5, 0.6) is 11.5 Å². The van der Waals surface area contributed by atoms with E-state index in [4.69, 9.17) is 10.5 Å². The Kier molecular flexibility index (Phi) is 4.78. The van der Waals surface area contributed by atoms with E-state index in [0.717, 1.165) is 5.56 Å². The van der Waals surface area contributed by atoms with Crippen LogP contribution in [0.1, 0.15) is 25.5 Å². The first-order chi connectivity index (χ1) is 8.01. The standard InChI is InChI=1S/C13H22N2O2/c1-9(2)15(3)11(8-14)10-5-6-13(17-4)12(16)7-10/h5-7,9,11,16H,8,14H2,1-4H3. The Balaban J connectivity index is 3.00. The molecule has 1 rings (SSSR count). The second kappa shape index (κ2) is 5.89. The third-order valence-electron chi connectivity index (χ3n) is 3.12. The van der Waals surface area contributed by atoms with Crippen LogP contribution >= 0.6 is 0 Å². The molecule has 0 heterocycles. The van der Waals surface area contributed by atoms with Gasteiger partial charge < -0.3 is 15.6 Å². The number of nitrogens with zero attached hydrogens (tertiary/aromatic N) is 1. The van der Waals surface area contributed by atoms with Crippen molar-refractivity contribution >= 4 is 0 Å². The van der Waals surface area contributed by atoms with Crippen molar-refractivity contribution in [2.75, 3.05) is 20.7 Å². The predicted octanol–water partition coefficient (Wildman–Crippen LogP) is 1.74. The van der Waals surface area contributed by atoms with Crippen molar-refractivity contribution < 1.29 is 9.84 Å². The number of hydrogen-bond acceptors (Lipinski definition) is 4. The molecule has 0 aliphatic rings. The van der Waals surface area contributed by atoms with Gasteiger partial charge in [0, 0.05) is 18.6 Å². The van der Waals surface area contributed by atoms with Gasteiger partial charge in [0.25, 0.3) is 0 Å². The Labute approximate surface area is 103 Å². The zero-order valence-corrected chi connectivity index (χ0v) is 11.0. The Hall–Kier alpha value is -1.26. The predicted molar refractivity (Wildman–Crippen MR) is 69.4 cm³/mol. The van der Waals surface area contributed by atoms with Crippen LogP contribution < -0.4 is 10.5 Å². The first-order valence-corrected chi connectivity index (χ1v) is 5.80. The van der Waals surface area contributed by atoms with Crippen molar-refractivity contribution in [2.24, 2.45) is 5.73 Å². The number of methoxy groups -OCH3 is 1. The maximum absolute atomic E-state index is 9.77. The maximum Gasteiger partial charge on any atom is 0.160 e. The molecule has 3 N–H and O–H groups in total. The molecule has 0 fully saturated rings. The summed E-state index contributed by atoms with van der Waals surface area (Å²) in [5.41, 5.74) is 6.81. The van der Waals surface area contributed by atoms with Gasteiger partial charge >= 0.3 is 0 Å². The smallest absolute Gasteiger partial charge is 0.160 e. The summed E-state index contributed by atoms with van der Waals surface area (Å²) < 4.78 is 5.03. The van der Waals surface area contributed by atoms with Crippen LogP contribution in [-0.4, -0.2) is 36.8 Å². The molecule has 96 valence electrons. The molecule has 0 aromatic heterocycles. The van der Waals surface area contributed by atoms with Crippen LogP contribution in [-0.2, 0) is 0 Å².